The van der Waals surface area contributed by atoms with Gasteiger partial charge in [0, 0.05) is 19.1 Å². The Bertz CT molecular complexity index is 498. The fourth-order valence-electron chi connectivity index (χ4n) is 1.78. The van der Waals surface area contributed by atoms with Crippen LogP contribution in [0.1, 0.15) is 52.7 Å². The Hall–Kier alpha value is -1.59. The molecule has 0 aliphatic carbocycles. The number of carbonyl (C=O) groups excluding carboxylic acids is 1. The van der Waals surface area contributed by atoms with Crippen LogP contribution in [0.3, 0.4) is 0 Å². The van der Waals surface area contributed by atoms with E-state index in [1.165, 1.54) is 0 Å². The lowest BCUT2D eigenvalue weighted by molar-refractivity contribution is 0.0437. The zero-order chi connectivity index (χ0) is 17.7. The molecule has 1 atom stereocenters. The maximum absolute atomic E-state index is 11.6. The summed E-state index contributed by atoms with van der Waals surface area (Å²) >= 11 is 0. The monoisotopic (exact) mass is 322 g/mol. The molecule has 0 aliphatic rings. The van der Waals surface area contributed by atoms with Crippen LogP contribution < -0.4 is 10.6 Å². The average Bonchev–Trinajstić information content (AvgIpc) is 2.40. The van der Waals surface area contributed by atoms with Crippen molar-refractivity contribution in [3.63, 3.8) is 0 Å². The maximum atomic E-state index is 11.6. The van der Waals surface area contributed by atoms with E-state index in [0.717, 1.165) is 11.1 Å². The molecule has 1 aromatic carbocycles. The largest absolute Gasteiger partial charge is 0.444 e. The number of benzene rings is 1. The summed E-state index contributed by atoms with van der Waals surface area (Å²) in [5.41, 5.74) is 0.894. The summed E-state index contributed by atoms with van der Waals surface area (Å²) in [6.45, 7) is 12.2. The third kappa shape index (κ3) is 8.00. The molecule has 23 heavy (non-hydrogen) atoms. The molecule has 5 nitrogen and oxygen atoms in total. The van der Waals surface area contributed by atoms with E-state index in [1.54, 1.807) is 13.8 Å². The fourth-order valence-corrected chi connectivity index (χ4v) is 1.78. The molecule has 1 aromatic rings. The second-order valence-electron chi connectivity index (χ2n) is 7.43. The van der Waals surface area contributed by atoms with Crippen molar-refractivity contribution < 1.29 is 14.6 Å². The number of nitrogens with one attached hydrogen (secondary N) is 2. The number of hydrogen-bond donors (Lipinski definition) is 3. The van der Waals surface area contributed by atoms with Gasteiger partial charge in [-0.05, 0) is 52.7 Å². The molecule has 0 heterocycles. The summed E-state index contributed by atoms with van der Waals surface area (Å²) in [7, 11) is 0. The highest BCUT2D eigenvalue weighted by Crippen LogP contribution is 2.10. The molecular formula is C18H30N2O3. The van der Waals surface area contributed by atoms with Crippen LogP contribution in [0, 0.1) is 0 Å². The van der Waals surface area contributed by atoms with Gasteiger partial charge in [0.1, 0.15) is 5.60 Å². The molecule has 0 aliphatic heterocycles. The summed E-state index contributed by atoms with van der Waals surface area (Å²) in [4.78, 5) is 11.6. The second-order valence-corrected chi connectivity index (χ2v) is 7.43. The molecule has 0 aromatic heterocycles. The van der Waals surface area contributed by atoms with Crippen LogP contribution in [0.15, 0.2) is 24.3 Å². The molecule has 1 rings (SSSR count). The van der Waals surface area contributed by atoms with Gasteiger partial charge in [0.2, 0.25) is 0 Å². The minimum absolute atomic E-state index is 0.00369. The first-order chi connectivity index (χ1) is 10.5. The van der Waals surface area contributed by atoms with Gasteiger partial charge in [-0.3, -0.25) is 0 Å². The van der Waals surface area contributed by atoms with Crippen molar-refractivity contribution >= 4 is 6.09 Å². The average molecular weight is 322 g/mol. The first-order valence-electron chi connectivity index (χ1n) is 7.98. The number of aliphatic hydroxyl groups is 1. The van der Waals surface area contributed by atoms with E-state index in [4.69, 9.17) is 4.74 Å². The zero-order valence-electron chi connectivity index (χ0n) is 15.1. The van der Waals surface area contributed by atoms with Crippen molar-refractivity contribution in [1.82, 2.24) is 10.6 Å². The zero-order valence-corrected chi connectivity index (χ0v) is 15.1. The Labute approximate surface area is 139 Å². The minimum atomic E-state index is -0.753. The number of alkyl carbamates (subject to hydrolysis) is 1. The predicted octanol–water partition coefficient (Wildman–Crippen LogP) is 2.96. The predicted molar refractivity (Wildman–Crippen MR) is 92.1 cm³/mol. The lowest BCUT2D eigenvalue weighted by Gasteiger charge is -2.26. The Morgan fingerprint density at radius 3 is 2.00 bits per heavy atom. The fraction of sp³-hybridized carbons (Fsp3) is 0.611. The second kappa shape index (κ2) is 7.79. The first kappa shape index (κ1) is 19.5. The quantitative estimate of drug-likeness (QED) is 0.753. The topological polar surface area (TPSA) is 70.6 Å². The maximum Gasteiger partial charge on any atom is 0.407 e. The van der Waals surface area contributed by atoms with Crippen LogP contribution in [-0.4, -0.2) is 28.4 Å². The third-order valence-electron chi connectivity index (χ3n) is 3.53. The summed E-state index contributed by atoms with van der Waals surface area (Å²) in [6, 6.07) is 7.97. The Kier molecular flexibility index (Phi) is 6.59. The lowest BCUT2D eigenvalue weighted by atomic mass is 10.0. The van der Waals surface area contributed by atoms with Crippen LogP contribution in [0.5, 0.6) is 0 Å². The Morgan fingerprint density at radius 2 is 1.57 bits per heavy atom. The molecule has 0 saturated heterocycles. The third-order valence-corrected chi connectivity index (χ3v) is 3.53. The van der Waals surface area contributed by atoms with Crippen molar-refractivity contribution in [1.29, 1.82) is 0 Å². The van der Waals surface area contributed by atoms with Crippen molar-refractivity contribution in [3.8, 4) is 0 Å². The SMILES string of the molecule is CC(NCc1ccc(CNC(=O)OC(C)(C)C)cc1)C(C)(C)O. The number of amides is 1. The van der Waals surface area contributed by atoms with Gasteiger partial charge >= 0.3 is 6.09 Å². The first-order valence-corrected chi connectivity index (χ1v) is 7.98. The lowest BCUT2D eigenvalue weighted by Crippen LogP contribution is -2.44. The van der Waals surface area contributed by atoms with Crippen LogP contribution >= 0.6 is 0 Å². The van der Waals surface area contributed by atoms with Gasteiger partial charge in [0.05, 0.1) is 5.60 Å². The van der Waals surface area contributed by atoms with Crippen LogP contribution in [0.4, 0.5) is 4.79 Å². The van der Waals surface area contributed by atoms with E-state index in [0.29, 0.717) is 13.1 Å². The van der Waals surface area contributed by atoms with E-state index in [-0.39, 0.29) is 6.04 Å². The van der Waals surface area contributed by atoms with Gasteiger partial charge in [0.15, 0.2) is 0 Å². The van der Waals surface area contributed by atoms with E-state index in [9.17, 15) is 9.90 Å². The van der Waals surface area contributed by atoms with E-state index < -0.39 is 17.3 Å². The highest BCUT2D eigenvalue weighted by Gasteiger charge is 2.21. The van der Waals surface area contributed by atoms with Gasteiger partial charge in [-0.25, -0.2) is 4.79 Å². The minimum Gasteiger partial charge on any atom is -0.444 e. The van der Waals surface area contributed by atoms with Crippen LogP contribution in [0.2, 0.25) is 0 Å². The molecule has 0 bridgehead atoms. The molecular weight excluding hydrogens is 292 g/mol. The number of hydrogen-bond acceptors (Lipinski definition) is 4. The number of ether oxygens (including phenoxy) is 1. The Morgan fingerprint density at radius 1 is 1.09 bits per heavy atom. The summed E-state index contributed by atoms with van der Waals surface area (Å²) in [6.07, 6.45) is -0.415. The molecule has 5 heteroatoms. The Balaban J connectivity index is 2.43. The standard InChI is InChI=1S/C18H30N2O3/c1-13(18(5,6)22)19-11-14-7-9-15(10-8-14)12-20-16(21)23-17(2,3)4/h7-10,13,19,22H,11-12H2,1-6H3,(H,20,21). The van der Waals surface area contributed by atoms with E-state index in [1.807, 2.05) is 52.0 Å². The molecule has 3 N–H and O–H groups in total. The number of rotatable bonds is 6. The van der Waals surface area contributed by atoms with Crippen molar-refractivity contribution in [2.75, 3.05) is 0 Å². The van der Waals surface area contributed by atoms with Gasteiger partial charge < -0.3 is 20.5 Å². The molecule has 0 saturated carbocycles. The molecule has 130 valence electrons. The van der Waals surface area contributed by atoms with Crippen molar-refractivity contribution in [2.45, 2.75) is 71.9 Å². The van der Waals surface area contributed by atoms with Gasteiger partial charge in [-0.1, -0.05) is 24.3 Å². The van der Waals surface area contributed by atoms with Gasteiger partial charge in [-0.2, -0.15) is 0 Å². The highest BCUT2D eigenvalue weighted by molar-refractivity contribution is 5.67. The molecule has 0 radical (unpaired) electrons. The van der Waals surface area contributed by atoms with Crippen molar-refractivity contribution in [2.24, 2.45) is 0 Å². The molecule has 0 spiro atoms. The van der Waals surface area contributed by atoms with Crippen LogP contribution in [0.25, 0.3) is 0 Å². The summed E-state index contributed by atoms with van der Waals surface area (Å²) in [5.74, 6) is 0. The molecule has 0 fully saturated rings. The molecule has 1 amide bonds. The van der Waals surface area contributed by atoms with Crippen molar-refractivity contribution in [3.05, 3.63) is 35.4 Å². The smallest absolute Gasteiger partial charge is 0.407 e. The summed E-state index contributed by atoms with van der Waals surface area (Å²) in [5, 5.41) is 15.9. The highest BCUT2D eigenvalue weighted by atomic mass is 16.6. The number of carbonyl (C=O) groups is 1. The normalized spacial score (nSPS) is 13.5. The van der Waals surface area contributed by atoms with Gasteiger partial charge in [-0.15, -0.1) is 0 Å². The van der Waals surface area contributed by atoms with Gasteiger partial charge in [0.25, 0.3) is 0 Å². The summed E-state index contributed by atoms with van der Waals surface area (Å²) < 4.78 is 5.20. The molecule has 1 unspecified atom stereocenters. The van der Waals surface area contributed by atoms with E-state index in [2.05, 4.69) is 10.6 Å². The van der Waals surface area contributed by atoms with Crippen LogP contribution in [-0.2, 0) is 17.8 Å². The van der Waals surface area contributed by atoms with E-state index >= 15 is 0 Å².